The van der Waals surface area contributed by atoms with Crippen molar-refractivity contribution in [3.05, 3.63) is 37.0 Å². The molecule has 1 aliphatic heterocycles. The Morgan fingerprint density at radius 2 is 1.70 bits per heavy atom. The normalized spacial score (nSPS) is 12.3. The van der Waals surface area contributed by atoms with Gasteiger partial charge in [0.1, 0.15) is 6.61 Å². The monoisotopic (exact) mass is 385 g/mol. The second kappa shape index (κ2) is 17.0. The maximum absolute atomic E-state index is 10.9. The van der Waals surface area contributed by atoms with Gasteiger partial charge in [-0.25, -0.2) is 14.4 Å². The predicted octanol–water partition coefficient (Wildman–Crippen LogP) is 1.87. The number of rotatable bonds is 7. The zero-order valence-corrected chi connectivity index (χ0v) is 16.7. The van der Waals surface area contributed by atoms with Crippen LogP contribution in [0.2, 0.25) is 0 Å². The number of hydrogen-bond donors (Lipinski definition) is 0. The van der Waals surface area contributed by atoms with Crippen LogP contribution < -0.4 is 0 Å². The van der Waals surface area contributed by atoms with E-state index in [2.05, 4.69) is 34.1 Å². The number of methoxy groups -OCH3 is 1. The lowest BCUT2D eigenvalue weighted by Gasteiger charge is -2.12. The lowest BCUT2D eigenvalue weighted by molar-refractivity contribution is -0.139. The van der Waals surface area contributed by atoms with Crippen molar-refractivity contribution in [2.45, 2.75) is 20.8 Å². The Labute approximate surface area is 161 Å². The lowest BCUT2D eigenvalue weighted by atomic mass is 10.4. The molecule has 0 atom stereocenters. The fourth-order valence-corrected chi connectivity index (χ4v) is 1.39. The smallest absolute Gasteiger partial charge is 0.333 e. The first-order valence-corrected chi connectivity index (χ1v) is 8.35. The average molecular weight is 385 g/mol. The Morgan fingerprint density at radius 3 is 2.00 bits per heavy atom. The van der Waals surface area contributed by atoms with E-state index in [9.17, 15) is 14.4 Å². The van der Waals surface area contributed by atoms with Crippen LogP contribution in [-0.2, 0) is 33.3 Å². The third-order valence-corrected chi connectivity index (χ3v) is 2.80. The second-order valence-electron chi connectivity index (χ2n) is 5.30. The quantitative estimate of drug-likeness (QED) is 0.373. The predicted molar refractivity (Wildman–Crippen MR) is 102 cm³/mol. The van der Waals surface area contributed by atoms with Gasteiger partial charge in [-0.05, 0) is 20.8 Å². The topological polar surface area (TPSA) is 91.4 Å². The van der Waals surface area contributed by atoms with E-state index in [1.807, 2.05) is 0 Å². The van der Waals surface area contributed by atoms with Gasteiger partial charge < -0.3 is 18.9 Å². The Kier molecular flexibility index (Phi) is 16.8. The lowest BCUT2D eigenvalue weighted by Crippen LogP contribution is -2.25. The van der Waals surface area contributed by atoms with Gasteiger partial charge in [-0.1, -0.05) is 19.7 Å². The number of nitrogens with zero attached hydrogens (tertiary/aromatic N) is 1. The Bertz CT molecular complexity index is 506. The van der Waals surface area contributed by atoms with Gasteiger partial charge in [-0.2, -0.15) is 0 Å². The van der Waals surface area contributed by atoms with Crippen molar-refractivity contribution >= 4 is 17.9 Å². The molecule has 1 rings (SSSR count). The van der Waals surface area contributed by atoms with Gasteiger partial charge in [0.05, 0.1) is 27.1 Å². The van der Waals surface area contributed by atoms with E-state index in [4.69, 9.17) is 9.47 Å². The molecule has 1 saturated heterocycles. The summed E-state index contributed by atoms with van der Waals surface area (Å²) in [4.78, 5) is 33.3. The highest BCUT2D eigenvalue weighted by Gasteiger charge is 2.12. The summed E-state index contributed by atoms with van der Waals surface area (Å²) in [5.41, 5.74) is 0.875. The molecular weight excluding hydrogens is 354 g/mol. The molecule has 0 N–H and O–H groups in total. The van der Waals surface area contributed by atoms with Gasteiger partial charge in [-0.15, -0.1) is 0 Å². The standard InChI is InChI=1S/C9H15NO3.2C5H8O2/c1-8(2)9(11)13-6-4-10-3-5-12-7-10;1-4(2)5(6)7-3;1-3-5(6)7-4-2/h1,3-7H2,2H3;1H2,2-3H3;3H,1,4H2,2H3. The third-order valence-electron chi connectivity index (χ3n) is 2.80. The number of carbonyl (C=O) groups excluding carboxylic acids is 3. The number of hydrogen-bond acceptors (Lipinski definition) is 8. The molecule has 0 aromatic heterocycles. The van der Waals surface area contributed by atoms with Crippen LogP contribution in [-0.4, -0.2) is 69.6 Å². The maximum atomic E-state index is 10.9. The van der Waals surface area contributed by atoms with Gasteiger partial charge in [0, 0.05) is 30.3 Å². The molecule has 0 bridgehead atoms. The molecule has 0 spiro atoms. The molecule has 0 aliphatic carbocycles. The summed E-state index contributed by atoms with van der Waals surface area (Å²) in [5, 5.41) is 0. The van der Waals surface area contributed by atoms with Crippen molar-refractivity contribution < 1.29 is 33.3 Å². The third kappa shape index (κ3) is 16.8. The molecule has 0 saturated carbocycles. The molecule has 0 radical (unpaired) electrons. The molecule has 0 amide bonds. The molecule has 1 fully saturated rings. The van der Waals surface area contributed by atoms with Crippen LogP contribution in [0, 0.1) is 0 Å². The molecule has 0 aromatic carbocycles. The first-order valence-electron chi connectivity index (χ1n) is 8.35. The molecule has 0 unspecified atom stereocenters. The summed E-state index contributed by atoms with van der Waals surface area (Å²) >= 11 is 0. The van der Waals surface area contributed by atoms with Gasteiger partial charge >= 0.3 is 17.9 Å². The highest BCUT2D eigenvalue weighted by Crippen LogP contribution is 1.98. The molecule has 1 aliphatic rings. The zero-order valence-electron chi connectivity index (χ0n) is 16.7. The summed E-state index contributed by atoms with van der Waals surface area (Å²) in [6.45, 7) is 18.9. The van der Waals surface area contributed by atoms with Crippen molar-refractivity contribution in [1.29, 1.82) is 0 Å². The summed E-state index contributed by atoms with van der Waals surface area (Å²) in [6.07, 6.45) is 1.14. The van der Waals surface area contributed by atoms with Crippen LogP contribution in [0.5, 0.6) is 0 Å². The Hall–Kier alpha value is -2.45. The van der Waals surface area contributed by atoms with Crippen LogP contribution in [0.3, 0.4) is 0 Å². The van der Waals surface area contributed by atoms with E-state index in [0.717, 1.165) is 25.8 Å². The van der Waals surface area contributed by atoms with Crippen molar-refractivity contribution in [3.63, 3.8) is 0 Å². The highest BCUT2D eigenvalue weighted by atomic mass is 16.5. The highest BCUT2D eigenvalue weighted by molar-refractivity contribution is 5.87. The minimum atomic E-state index is -0.359. The molecule has 1 heterocycles. The van der Waals surface area contributed by atoms with Crippen molar-refractivity contribution in [1.82, 2.24) is 4.90 Å². The second-order valence-corrected chi connectivity index (χ2v) is 5.30. The van der Waals surface area contributed by atoms with Crippen LogP contribution in [0.1, 0.15) is 20.8 Å². The molecule has 0 aromatic rings. The van der Waals surface area contributed by atoms with Crippen LogP contribution in [0.4, 0.5) is 0 Å². The summed E-state index contributed by atoms with van der Waals surface area (Å²) in [7, 11) is 1.33. The van der Waals surface area contributed by atoms with Crippen LogP contribution in [0.15, 0.2) is 37.0 Å². The van der Waals surface area contributed by atoms with Crippen molar-refractivity contribution in [2.75, 3.05) is 46.8 Å². The summed E-state index contributed by atoms with van der Waals surface area (Å²) in [6, 6.07) is 0. The van der Waals surface area contributed by atoms with Gasteiger partial charge in [-0.3, -0.25) is 4.90 Å². The van der Waals surface area contributed by atoms with Gasteiger partial charge in [0.15, 0.2) is 0 Å². The van der Waals surface area contributed by atoms with Crippen molar-refractivity contribution in [3.8, 4) is 0 Å². The fourth-order valence-electron chi connectivity index (χ4n) is 1.39. The molecule has 27 heavy (non-hydrogen) atoms. The Morgan fingerprint density at radius 1 is 1.11 bits per heavy atom. The van der Waals surface area contributed by atoms with E-state index >= 15 is 0 Å². The number of ether oxygens (including phenoxy) is 4. The number of carbonyl (C=O) groups is 3. The fraction of sp³-hybridized carbons (Fsp3) is 0.526. The molecule has 154 valence electrons. The Balaban J connectivity index is 0. The van der Waals surface area contributed by atoms with Crippen LogP contribution in [0.25, 0.3) is 0 Å². The first kappa shape index (κ1) is 26.8. The van der Waals surface area contributed by atoms with Gasteiger partial charge in [0.2, 0.25) is 0 Å². The van der Waals surface area contributed by atoms with Gasteiger partial charge in [0.25, 0.3) is 0 Å². The van der Waals surface area contributed by atoms with E-state index < -0.39 is 0 Å². The average Bonchev–Trinajstić information content (AvgIpc) is 3.15. The minimum Gasteiger partial charge on any atom is -0.466 e. The van der Waals surface area contributed by atoms with E-state index in [0.29, 0.717) is 31.1 Å². The van der Waals surface area contributed by atoms with E-state index in [-0.39, 0.29) is 17.9 Å². The van der Waals surface area contributed by atoms with E-state index in [1.54, 1.807) is 20.8 Å². The van der Waals surface area contributed by atoms with Crippen molar-refractivity contribution in [2.24, 2.45) is 0 Å². The summed E-state index contributed by atoms with van der Waals surface area (Å²) in [5.74, 6) is -1.03. The molecule has 8 nitrogen and oxygen atoms in total. The van der Waals surface area contributed by atoms with Crippen LogP contribution >= 0.6 is 0 Å². The zero-order chi connectivity index (χ0) is 21.2. The largest absolute Gasteiger partial charge is 0.466 e. The maximum Gasteiger partial charge on any atom is 0.333 e. The van der Waals surface area contributed by atoms with E-state index in [1.165, 1.54) is 7.11 Å². The SMILES string of the molecule is C=C(C)C(=O)OC.C=C(C)C(=O)OCCN1CCOC1.C=CC(=O)OCC. The molecular formula is C19H31NO7. The minimum absolute atomic E-state index is 0.319. The number of esters is 3. The first-order chi connectivity index (χ1) is 12.7. The molecule has 8 heteroatoms. The summed E-state index contributed by atoms with van der Waals surface area (Å²) < 4.78 is 18.8.